The van der Waals surface area contributed by atoms with Crippen LogP contribution in [-0.2, 0) is 0 Å². The Morgan fingerprint density at radius 3 is 1.90 bits per heavy atom. The van der Waals surface area contributed by atoms with E-state index in [1.165, 1.54) is 0 Å². The highest BCUT2D eigenvalue weighted by Gasteiger charge is 2.42. The van der Waals surface area contributed by atoms with Gasteiger partial charge in [0.05, 0.1) is 5.69 Å². The van der Waals surface area contributed by atoms with Crippen molar-refractivity contribution in [3.63, 3.8) is 0 Å². The lowest BCUT2D eigenvalue weighted by Crippen LogP contribution is -2.32. The van der Waals surface area contributed by atoms with Gasteiger partial charge in [0.25, 0.3) is 0 Å². The van der Waals surface area contributed by atoms with E-state index in [2.05, 4.69) is 10.5 Å². The van der Waals surface area contributed by atoms with Gasteiger partial charge in [-0.2, -0.15) is 18.3 Å². The van der Waals surface area contributed by atoms with Crippen LogP contribution in [0.15, 0.2) is 96.1 Å². The Labute approximate surface area is 166 Å². The van der Waals surface area contributed by atoms with Gasteiger partial charge >= 0.3 is 6.18 Å². The fraction of sp³-hybridized carbons (Fsp3) is 0.130. The molecule has 0 aliphatic carbocycles. The summed E-state index contributed by atoms with van der Waals surface area (Å²) >= 11 is 0. The topological polar surface area (TPSA) is 41.5 Å². The Morgan fingerprint density at radius 2 is 1.34 bits per heavy atom. The van der Waals surface area contributed by atoms with E-state index < -0.39 is 17.8 Å². The van der Waals surface area contributed by atoms with Crippen LogP contribution in [0.2, 0.25) is 0 Å². The standard InChI is InChI=1S/C23H19F3N2O/c24-23(25,26)22(28-27-19-14-8-3-9-15-19)20(17-10-4-1-5-11-17)16-21(29)18-12-6-2-7-13-18/h1-15,20,27H,16H2/b28-22+. The van der Waals surface area contributed by atoms with Crippen LogP contribution in [0, 0.1) is 0 Å². The van der Waals surface area contributed by atoms with Crippen molar-refractivity contribution in [3.05, 3.63) is 102 Å². The van der Waals surface area contributed by atoms with Gasteiger partial charge in [-0.3, -0.25) is 10.2 Å². The minimum absolute atomic E-state index is 0.344. The first-order valence-corrected chi connectivity index (χ1v) is 9.04. The fourth-order valence-corrected chi connectivity index (χ4v) is 2.96. The molecule has 0 aliphatic rings. The zero-order chi connectivity index (χ0) is 20.7. The Morgan fingerprint density at radius 1 is 0.828 bits per heavy atom. The number of alkyl halides is 3. The normalized spacial score (nSPS) is 13.0. The van der Waals surface area contributed by atoms with E-state index in [9.17, 15) is 18.0 Å². The van der Waals surface area contributed by atoms with Crippen molar-refractivity contribution in [2.75, 3.05) is 5.43 Å². The predicted molar refractivity (Wildman–Crippen MR) is 108 cm³/mol. The van der Waals surface area contributed by atoms with Crippen molar-refractivity contribution >= 4 is 17.2 Å². The summed E-state index contributed by atoms with van der Waals surface area (Å²) in [5, 5.41) is 3.68. The molecule has 1 atom stereocenters. The summed E-state index contributed by atoms with van der Waals surface area (Å²) < 4.78 is 41.8. The third kappa shape index (κ3) is 5.54. The van der Waals surface area contributed by atoms with Crippen LogP contribution >= 0.6 is 0 Å². The maximum absolute atomic E-state index is 13.9. The summed E-state index contributed by atoms with van der Waals surface area (Å²) in [4.78, 5) is 12.7. The monoisotopic (exact) mass is 396 g/mol. The number of hydrogen-bond acceptors (Lipinski definition) is 3. The summed E-state index contributed by atoms with van der Waals surface area (Å²) in [5.41, 5.74) is 2.60. The molecular weight excluding hydrogens is 377 g/mol. The molecule has 148 valence electrons. The molecule has 3 aromatic carbocycles. The van der Waals surface area contributed by atoms with Crippen LogP contribution < -0.4 is 5.43 Å². The van der Waals surface area contributed by atoms with Crippen molar-refractivity contribution < 1.29 is 18.0 Å². The van der Waals surface area contributed by atoms with Gasteiger partial charge in [-0.1, -0.05) is 78.9 Å². The van der Waals surface area contributed by atoms with Gasteiger partial charge in [-0.05, 0) is 17.7 Å². The van der Waals surface area contributed by atoms with Gasteiger partial charge in [0.1, 0.15) is 5.71 Å². The molecule has 0 saturated heterocycles. The first kappa shape index (κ1) is 20.3. The number of benzene rings is 3. The number of nitrogens with one attached hydrogen (secondary N) is 1. The highest BCUT2D eigenvalue weighted by Crippen LogP contribution is 2.32. The number of ketones is 1. The molecule has 3 nitrogen and oxygen atoms in total. The second kappa shape index (κ2) is 9.19. The lowest BCUT2D eigenvalue weighted by Gasteiger charge is -2.21. The number of para-hydroxylation sites is 1. The highest BCUT2D eigenvalue weighted by molar-refractivity contribution is 6.03. The second-order valence-corrected chi connectivity index (χ2v) is 6.43. The maximum Gasteiger partial charge on any atom is 0.431 e. The molecular formula is C23H19F3N2O. The Hall–Kier alpha value is -3.41. The molecule has 0 aromatic heterocycles. The van der Waals surface area contributed by atoms with Crippen LogP contribution in [0.3, 0.4) is 0 Å². The van der Waals surface area contributed by atoms with E-state index >= 15 is 0 Å². The molecule has 1 unspecified atom stereocenters. The van der Waals surface area contributed by atoms with Crippen LogP contribution in [0.25, 0.3) is 0 Å². The average Bonchev–Trinajstić information content (AvgIpc) is 2.74. The molecule has 1 N–H and O–H groups in total. The van der Waals surface area contributed by atoms with Crippen molar-refractivity contribution in [1.29, 1.82) is 0 Å². The van der Waals surface area contributed by atoms with Gasteiger partial charge < -0.3 is 0 Å². The Bertz CT molecular complexity index is 956. The third-order valence-electron chi connectivity index (χ3n) is 4.39. The number of carbonyl (C=O) groups excluding carboxylic acids is 1. The Balaban J connectivity index is 1.98. The molecule has 6 heteroatoms. The molecule has 0 radical (unpaired) electrons. The smallest absolute Gasteiger partial charge is 0.294 e. The minimum atomic E-state index is -4.71. The van der Waals surface area contributed by atoms with E-state index in [0.717, 1.165) is 0 Å². The first-order valence-electron chi connectivity index (χ1n) is 9.04. The molecule has 29 heavy (non-hydrogen) atoms. The van der Waals surface area contributed by atoms with Crippen molar-refractivity contribution in [2.45, 2.75) is 18.5 Å². The van der Waals surface area contributed by atoms with E-state index in [-0.39, 0.29) is 12.2 Å². The van der Waals surface area contributed by atoms with Gasteiger partial charge in [0.2, 0.25) is 0 Å². The molecule has 0 aliphatic heterocycles. The van der Waals surface area contributed by atoms with Crippen molar-refractivity contribution in [2.24, 2.45) is 5.10 Å². The molecule has 0 spiro atoms. The van der Waals surface area contributed by atoms with Crippen LogP contribution in [0.1, 0.15) is 28.3 Å². The van der Waals surface area contributed by atoms with Gasteiger partial charge in [-0.15, -0.1) is 0 Å². The number of nitrogens with zero attached hydrogens (tertiary/aromatic N) is 1. The van der Waals surface area contributed by atoms with Gasteiger partial charge in [-0.25, -0.2) is 0 Å². The van der Waals surface area contributed by atoms with Gasteiger partial charge in [0.15, 0.2) is 5.78 Å². The van der Waals surface area contributed by atoms with E-state index in [0.29, 0.717) is 16.8 Å². The zero-order valence-electron chi connectivity index (χ0n) is 15.4. The van der Waals surface area contributed by atoms with Crippen LogP contribution in [0.5, 0.6) is 0 Å². The molecule has 0 heterocycles. The Kier molecular flexibility index (Phi) is 6.44. The number of hydrogen-bond donors (Lipinski definition) is 1. The quantitative estimate of drug-likeness (QED) is 0.299. The van der Waals surface area contributed by atoms with E-state index in [1.54, 1.807) is 91.0 Å². The minimum Gasteiger partial charge on any atom is -0.294 e. The number of hydrazone groups is 1. The van der Waals surface area contributed by atoms with Crippen molar-refractivity contribution in [1.82, 2.24) is 0 Å². The summed E-state index contributed by atoms with van der Waals surface area (Å²) in [6.45, 7) is 0. The summed E-state index contributed by atoms with van der Waals surface area (Å²) in [5.74, 6) is -1.61. The first-order chi connectivity index (χ1) is 13.9. The number of anilines is 1. The van der Waals surface area contributed by atoms with Crippen LogP contribution in [-0.4, -0.2) is 17.7 Å². The molecule has 0 fully saturated rings. The molecule has 3 aromatic rings. The fourth-order valence-electron chi connectivity index (χ4n) is 2.96. The van der Waals surface area contributed by atoms with Crippen molar-refractivity contribution in [3.8, 4) is 0 Å². The number of halogens is 3. The maximum atomic E-state index is 13.9. The average molecular weight is 396 g/mol. The lowest BCUT2D eigenvalue weighted by atomic mass is 9.87. The van der Waals surface area contributed by atoms with Gasteiger partial charge in [0, 0.05) is 17.9 Å². The number of rotatable bonds is 7. The number of carbonyl (C=O) groups is 1. The predicted octanol–water partition coefficient (Wildman–Crippen LogP) is 6.07. The number of Topliss-reactive ketones (excluding diaryl/α,β-unsaturated/α-hetero) is 1. The molecule has 0 saturated carbocycles. The summed E-state index contributed by atoms with van der Waals surface area (Å²) in [6, 6.07) is 24.8. The second-order valence-electron chi connectivity index (χ2n) is 6.43. The SMILES string of the molecule is O=C(CC(/C(=N\Nc1ccccc1)C(F)(F)F)c1ccccc1)c1ccccc1. The lowest BCUT2D eigenvalue weighted by molar-refractivity contribution is -0.0614. The molecule has 3 rings (SSSR count). The summed E-state index contributed by atoms with van der Waals surface area (Å²) in [7, 11) is 0. The third-order valence-corrected chi connectivity index (χ3v) is 4.39. The zero-order valence-corrected chi connectivity index (χ0v) is 15.4. The molecule has 0 amide bonds. The van der Waals surface area contributed by atoms with E-state index in [4.69, 9.17) is 0 Å². The highest BCUT2D eigenvalue weighted by atomic mass is 19.4. The summed E-state index contributed by atoms with van der Waals surface area (Å²) in [6.07, 6.45) is -5.05. The van der Waals surface area contributed by atoms with E-state index in [1.807, 2.05) is 0 Å². The van der Waals surface area contributed by atoms with Crippen LogP contribution in [0.4, 0.5) is 18.9 Å². The molecule has 0 bridgehead atoms. The largest absolute Gasteiger partial charge is 0.431 e.